The zero-order valence-electron chi connectivity index (χ0n) is 30.9. The highest BCUT2D eigenvalue weighted by atomic mass is 15.0. The predicted molar refractivity (Wildman–Crippen MR) is 216 cm³/mol. The maximum atomic E-state index is 2.50. The molecule has 0 saturated heterocycles. The van der Waals surface area contributed by atoms with Crippen molar-refractivity contribution in [1.29, 1.82) is 0 Å². The monoisotopic (exact) mass is 656 g/mol. The minimum Gasteiger partial charge on any atom is -0.309 e. The lowest BCUT2D eigenvalue weighted by Gasteiger charge is -2.18. The molecule has 7 rings (SSSR count). The number of para-hydroxylation sites is 2. The van der Waals surface area contributed by atoms with Crippen molar-refractivity contribution >= 4 is 21.8 Å². The van der Waals surface area contributed by atoms with Crippen LogP contribution >= 0.6 is 0 Å². The average Bonchev–Trinajstić information content (AvgIpc) is 3.68. The minimum atomic E-state index is 1.11. The van der Waals surface area contributed by atoms with Crippen LogP contribution < -0.4 is 0 Å². The molecule has 0 aliphatic carbocycles. The van der Waals surface area contributed by atoms with E-state index < -0.39 is 0 Å². The van der Waals surface area contributed by atoms with Gasteiger partial charge in [-0.25, -0.2) is 0 Å². The molecule has 254 valence electrons. The van der Waals surface area contributed by atoms with E-state index in [-0.39, 0.29) is 0 Å². The van der Waals surface area contributed by atoms with Crippen molar-refractivity contribution in [1.82, 2.24) is 9.13 Å². The Morgan fingerprint density at radius 3 is 1.08 bits per heavy atom. The minimum absolute atomic E-state index is 1.11. The van der Waals surface area contributed by atoms with E-state index in [9.17, 15) is 0 Å². The van der Waals surface area contributed by atoms with Crippen LogP contribution in [0.4, 0.5) is 0 Å². The van der Waals surface area contributed by atoms with Gasteiger partial charge in [0.25, 0.3) is 0 Å². The van der Waals surface area contributed by atoms with Crippen LogP contribution in [0.2, 0.25) is 0 Å². The van der Waals surface area contributed by atoms with Gasteiger partial charge in [0.1, 0.15) is 0 Å². The van der Waals surface area contributed by atoms with E-state index in [1.54, 1.807) is 0 Å². The van der Waals surface area contributed by atoms with Crippen LogP contribution in [0.5, 0.6) is 0 Å². The largest absolute Gasteiger partial charge is 0.309 e. The Kier molecular flexibility index (Phi) is 9.81. The highest BCUT2D eigenvalue weighted by Crippen LogP contribution is 2.40. The first kappa shape index (κ1) is 33.7. The molecule has 0 amide bonds. The van der Waals surface area contributed by atoms with Gasteiger partial charge in [0.15, 0.2) is 0 Å². The quantitative estimate of drug-likeness (QED) is 0.124. The first-order chi connectivity index (χ1) is 24.4. The van der Waals surface area contributed by atoms with Gasteiger partial charge in [-0.3, -0.25) is 0 Å². The lowest BCUT2D eigenvalue weighted by Crippen LogP contribution is -2.02. The number of aromatic nitrogens is 2. The van der Waals surface area contributed by atoms with Crippen LogP contribution in [-0.4, -0.2) is 9.13 Å². The maximum absolute atomic E-state index is 2.50. The van der Waals surface area contributed by atoms with E-state index >= 15 is 0 Å². The number of aryl methyl sites for hydroxylation is 6. The third kappa shape index (κ3) is 6.22. The molecular formula is C48H52N2. The van der Waals surface area contributed by atoms with Gasteiger partial charge in [0, 0.05) is 33.3 Å². The summed E-state index contributed by atoms with van der Waals surface area (Å²) in [5.41, 5.74) is 18.7. The van der Waals surface area contributed by atoms with E-state index in [0.29, 0.717) is 0 Å². The molecule has 0 atom stereocenters. The molecule has 0 aliphatic heterocycles. The Morgan fingerprint density at radius 2 is 0.740 bits per heavy atom. The van der Waals surface area contributed by atoms with Gasteiger partial charge in [-0.05, 0) is 146 Å². The zero-order chi connectivity index (χ0) is 34.8. The molecule has 2 aromatic heterocycles. The molecule has 50 heavy (non-hydrogen) atoms. The molecule has 5 aromatic carbocycles. The van der Waals surface area contributed by atoms with Crippen molar-refractivity contribution in [3.63, 3.8) is 0 Å². The Morgan fingerprint density at radius 1 is 0.400 bits per heavy atom. The summed E-state index contributed by atoms with van der Waals surface area (Å²) in [6, 6.07) is 41.5. The average molecular weight is 657 g/mol. The van der Waals surface area contributed by atoms with Gasteiger partial charge in [-0.2, -0.15) is 0 Å². The highest BCUT2D eigenvalue weighted by Gasteiger charge is 2.21. The number of benzene rings is 5. The van der Waals surface area contributed by atoms with E-state index in [1.165, 1.54) is 89.1 Å². The molecule has 0 saturated carbocycles. The fourth-order valence-corrected chi connectivity index (χ4v) is 8.18. The molecule has 0 spiro atoms. The van der Waals surface area contributed by atoms with Gasteiger partial charge < -0.3 is 9.13 Å². The van der Waals surface area contributed by atoms with Crippen molar-refractivity contribution in [3.8, 4) is 33.9 Å². The van der Waals surface area contributed by atoms with Crippen LogP contribution in [0.1, 0.15) is 86.8 Å². The second-order valence-electron chi connectivity index (χ2n) is 14.2. The zero-order valence-corrected chi connectivity index (χ0v) is 30.9. The molecule has 0 aliphatic rings. The van der Waals surface area contributed by atoms with E-state index in [4.69, 9.17) is 0 Å². The lowest BCUT2D eigenvalue weighted by molar-refractivity contribution is 0.863. The number of hydrogen-bond donors (Lipinski definition) is 0. The summed E-state index contributed by atoms with van der Waals surface area (Å²) in [6.07, 6.45) is 9.10. The molecule has 0 fully saturated rings. The second-order valence-corrected chi connectivity index (χ2v) is 14.2. The van der Waals surface area contributed by atoms with Crippen LogP contribution in [0, 0.1) is 13.8 Å². The Hall–Kier alpha value is -4.82. The molecule has 2 heterocycles. The number of hydrogen-bond acceptors (Lipinski definition) is 0. The summed E-state index contributed by atoms with van der Waals surface area (Å²) < 4.78 is 4.99. The Labute approximate surface area is 299 Å². The standard InChI is InChI=1S/C48H52N2/c1-7-17-35-27-39-31-47(49(41-21-13-11-14-22-41)45(39)29-37(35)19-9-3)43-25-34(6)44(26-33(43)5)48-32-40-28-36(18-8-2)38(20-10-4)30-46(40)50(48)42-23-15-12-16-24-42/h11-16,21-32H,7-10,17-20H2,1-6H3. The SMILES string of the molecule is CCCc1cc2cc(-c3cc(C)c(-c4cc5cc(CCC)c(CCC)cc5n4-c4ccccc4)cc3C)n(-c3ccccc3)c2cc1CCC. The van der Waals surface area contributed by atoms with Gasteiger partial charge in [0.05, 0.1) is 22.4 Å². The summed E-state index contributed by atoms with van der Waals surface area (Å²) in [4.78, 5) is 0. The maximum Gasteiger partial charge on any atom is 0.0543 e. The van der Waals surface area contributed by atoms with Crippen LogP contribution in [0.25, 0.3) is 55.7 Å². The van der Waals surface area contributed by atoms with Gasteiger partial charge in [0.2, 0.25) is 0 Å². The summed E-state index contributed by atoms with van der Waals surface area (Å²) in [7, 11) is 0. The third-order valence-electron chi connectivity index (χ3n) is 10.5. The van der Waals surface area contributed by atoms with Gasteiger partial charge in [-0.15, -0.1) is 0 Å². The summed E-state index contributed by atoms with van der Waals surface area (Å²) >= 11 is 0. The smallest absolute Gasteiger partial charge is 0.0543 e. The molecule has 2 heteroatoms. The van der Waals surface area contributed by atoms with Crippen LogP contribution in [-0.2, 0) is 25.7 Å². The molecule has 0 bridgehead atoms. The Bertz CT molecular complexity index is 2100. The van der Waals surface area contributed by atoms with Crippen molar-refractivity contribution in [2.75, 3.05) is 0 Å². The van der Waals surface area contributed by atoms with Gasteiger partial charge >= 0.3 is 0 Å². The summed E-state index contributed by atoms with van der Waals surface area (Å²) in [5, 5.41) is 2.64. The van der Waals surface area contributed by atoms with Crippen molar-refractivity contribution < 1.29 is 0 Å². The van der Waals surface area contributed by atoms with E-state index in [1.807, 2.05) is 0 Å². The molecule has 0 radical (unpaired) electrons. The fraction of sp³-hybridized carbons (Fsp3) is 0.292. The second kappa shape index (κ2) is 14.6. The summed E-state index contributed by atoms with van der Waals surface area (Å²) in [5.74, 6) is 0. The molecule has 7 aromatic rings. The first-order valence-corrected chi connectivity index (χ1v) is 19.0. The number of rotatable bonds is 12. The fourth-order valence-electron chi connectivity index (χ4n) is 8.18. The predicted octanol–water partition coefficient (Wildman–Crippen LogP) is 13.3. The molecular weight excluding hydrogens is 605 g/mol. The van der Waals surface area contributed by atoms with Crippen LogP contribution in [0.3, 0.4) is 0 Å². The van der Waals surface area contributed by atoms with Crippen molar-refractivity contribution in [3.05, 3.63) is 143 Å². The van der Waals surface area contributed by atoms with Crippen molar-refractivity contribution in [2.45, 2.75) is 92.9 Å². The first-order valence-electron chi connectivity index (χ1n) is 19.0. The molecule has 0 N–H and O–H groups in total. The summed E-state index contributed by atoms with van der Waals surface area (Å²) in [6.45, 7) is 13.8. The topological polar surface area (TPSA) is 9.86 Å². The van der Waals surface area contributed by atoms with Crippen LogP contribution in [0.15, 0.2) is 109 Å². The third-order valence-corrected chi connectivity index (χ3v) is 10.5. The molecule has 0 unspecified atom stereocenters. The Balaban J connectivity index is 1.45. The van der Waals surface area contributed by atoms with E-state index in [0.717, 1.165) is 51.4 Å². The van der Waals surface area contributed by atoms with Gasteiger partial charge in [-0.1, -0.05) is 89.8 Å². The normalized spacial score (nSPS) is 11.6. The number of fused-ring (bicyclic) bond motifs is 2. The van der Waals surface area contributed by atoms with Crippen molar-refractivity contribution in [2.24, 2.45) is 0 Å². The highest BCUT2D eigenvalue weighted by molar-refractivity contribution is 5.94. The van der Waals surface area contributed by atoms with E-state index in [2.05, 4.69) is 160 Å². The lowest BCUT2D eigenvalue weighted by atomic mass is 9.95. The number of nitrogens with zero attached hydrogens (tertiary/aromatic N) is 2. The molecule has 2 nitrogen and oxygen atoms in total.